The van der Waals surface area contributed by atoms with Gasteiger partial charge in [-0.2, -0.15) is 0 Å². The number of halogens is 1. The second kappa shape index (κ2) is 8.62. The number of fused-ring (bicyclic) bond motifs is 1. The number of ether oxygens (including phenoxy) is 2. The first kappa shape index (κ1) is 21.1. The predicted molar refractivity (Wildman–Crippen MR) is 126 cm³/mol. The number of carbonyl (C=O) groups is 1. The minimum absolute atomic E-state index is 0.0121. The summed E-state index contributed by atoms with van der Waals surface area (Å²) >= 11 is 0. The Balaban J connectivity index is 1.58. The number of nitrogens with one attached hydrogen (secondary N) is 2. The standard InChI is InChI=1S/C27H25FN2O3/c1-32-24-11-10-16(15-25(24)33-2)18-13-22-26(23(31)14-18)27(17-6-5-7-19(28)12-17)30-21-9-4-3-8-20(21)29-22/h3-12,15,18,27,29-30H,13-14H2,1-2H3/t18-,27+/m0/s1. The van der Waals surface area contributed by atoms with E-state index in [9.17, 15) is 9.18 Å². The van der Waals surface area contributed by atoms with E-state index in [1.54, 1.807) is 20.3 Å². The first-order chi connectivity index (χ1) is 16.1. The van der Waals surface area contributed by atoms with E-state index in [1.807, 2.05) is 48.5 Å². The molecule has 0 spiro atoms. The number of ketones is 1. The quantitative estimate of drug-likeness (QED) is 0.531. The van der Waals surface area contributed by atoms with Gasteiger partial charge in [-0.05, 0) is 59.9 Å². The van der Waals surface area contributed by atoms with Gasteiger partial charge in [0.2, 0.25) is 0 Å². The summed E-state index contributed by atoms with van der Waals surface area (Å²) in [6.07, 6.45) is 1.01. The van der Waals surface area contributed by atoms with Gasteiger partial charge >= 0.3 is 0 Å². The number of Topliss-reactive ketones (excluding diaryl/α,β-unsaturated/α-hetero) is 1. The molecule has 0 amide bonds. The number of rotatable bonds is 4. The van der Waals surface area contributed by atoms with Gasteiger partial charge < -0.3 is 20.1 Å². The topological polar surface area (TPSA) is 59.6 Å². The maximum atomic E-state index is 14.1. The third kappa shape index (κ3) is 3.93. The van der Waals surface area contributed by atoms with E-state index in [0.29, 0.717) is 29.9 Å². The van der Waals surface area contributed by atoms with Crippen molar-refractivity contribution < 1.29 is 18.7 Å². The molecule has 3 aromatic rings. The summed E-state index contributed by atoms with van der Waals surface area (Å²) in [6.45, 7) is 0. The Morgan fingerprint density at radius 1 is 0.848 bits per heavy atom. The molecule has 0 aromatic heterocycles. The molecule has 0 fully saturated rings. The highest BCUT2D eigenvalue weighted by Gasteiger charge is 2.36. The van der Waals surface area contributed by atoms with Crippen molar-refractivity contribution in [3.8, 4) is 11.5 Å². The number of hydrogen-bond acceptors (Lipinski definition) is 5. The Kier molecular flexibility index (Phi) is 5.50. The first-order valence-corrected chi connectivity index (χ1v) is 10.9. The van der Waals surface area contributed by atoms with E-state index in [1.165, 1.54) is 12.1 Å². The zero-order valence-corrected chi connectivity index (χ0v) is 18.5. The van der Waals surface area contributed by atoms with Crippen LogP contribution in [0.4, 0.5) is 15.8 Å². The van der Waals surface area contributed by atoms with E-state index >= 15 is 0 Å². The highest BCUT2D eigenvalue weighted by Crippen LogP contribution is 2.45. The molecule has 2 atom stereocenters. The Morgan fingerprint density at radius 2 is 1.64 bits per heavy atom. The molecule has 0 bridgehead atoms. The second-order valence-corrected chi connectivity index (χ2v) is 8.34. The summed E-state index contributed by atoms with van der Waals surface area (Å²) in [5.74, 6) is 0.995. The summed E-state index contributed by atoms with van der Waals surface area (Å²) in [5.41, 5.74) is 5.02. The smallest absolute Gasteiger partial charge is 0.163 e. The van der Waals surface area contributed by atoms with E-state index in [4.69, 9.17) is 9.47 Å². The molecule has 2 N–H and O–H groups in total. The number of hydrogen-bond donors (Lipinski definition) is 2. The maximum Gasteiger partial charge on any atom is 0.163 e. The van der Waals surface area contributed by atoms with Gasteiger partial charge in [0.25, 0.3) is 0 Å². The zero-order chi connectivity index (χ0) is 22.9. The Hall–Kier alpha value is -3.80. The van der Waals surface area contributed by atoms with Crippen molar-refractivity contribution in [3.05, 3.63) is 94.9 Å². The van der Waals surface area contributed by atoms with Crippen LogP contribution in [0, 0.1) is 5.82 Å². The zero-order valence-electron chi connectivity index (χ0n) is 18.5. The first-order valence-electron chi connectivity index (χ1n) is 10.9. The van der Waals surface area contributed by atoms with Crippen LogP contribution in [0.15, 0.2) is 78.0 Å². The molecule has 5 nitrogen and oxygen atoms in total. The number of para-hydroxylation sites is 2. The van der Waals surface area contributed by atoms with Crippen LogP contribution in [0.5, 0.6) is 11.5 Å². The van der Waals surface area contributed by atoms with Crippen LogP contribution >= 0.6 is 0 Å². The molecule has 1 aliphatic carbocycles. The van der Waals surface area contributed by atoms with Gasteiger partial charge in [0.15, 0.2) is 17.3 Å². The molecule has 0 saturated carbocycles. The molecule has 1 aliphatic heterocycles. The van der Waals surface area contributed by atoms with E-state index in [-0.39, 0.29) is 17.5 Å². The lowest BCUT2D eigenvalue weighted by Crippen LogP contribution is -2.27. The highest BCUT2D eigenvalue weighted by atomic mass is 19.1. The fraction of sp³-hybridized carbons (Fsp3) is 0.222. The molecule has 1 heterocycles. The van der Waals surface area contributed by atoms with Gasteiger partial charge in [0.05, 0.1) is 31.6 Å². The van der Waals surface area contributed by atoms with Gasteiger partial charge in [0, 0.05) is 17.7 Å². The van der Waals surface area contributed by atoms with E-state index < -0.39 is 6.04 Å². The van der Waals surface area contributed by atoms with Crippen LogP contribution in [0.3, 0.4) is 0 Å². The Morgan fingerprint density at radius 3 is 2.39 bits per heavy atom. The predicted octanol–water partition coefficient (Wildman–Crippen LogP) is 5.82. The molecule has 0 radical (unpaired) electrons. The molecular formula is C27H25FN2O3. The molecule has 0 saturated heterocycles. The summed E-state index contributed by atoms with van der Waals surface area (Å²) in [6, 6.07) is 19.6. The number of carbonyl (C=O) groups excluding carboxylic acids is 1. The van der Waals surface area contributed by atoms with Gasteiger partial charge in [-0.1, -0.05) is 30.3 Å². The summed E-state index contributed by atoms with van der Waals surface area (Å²) < 4.78 is 24.9. The summed E-state index contributed by atoms with van der Waals surface area (Å²) in [7, 11) is 3.21. The second-order valence-electron chi connectivity index (χ2n) is 8.34. The molecule has 0 unspecified atom stereocenters. The number of allylic oxidation sites excluding steroid dienone is 1. The fourth-order valence-electron chi connectivity index (χ4n) is 4.77. The average molecular weight is 445 g/mol. The van der Waals surface area contributed by atoms with E-state index in [2.05, 4.69) is 10.6 Å². The summed E-state index contributed by atoms with van der Waals surface area (Å²) in [5, 5.41) is 6.98. The van der Waals surface area contributed by atoms with Crippen LogP contribution in [-0.4, -0.2) is 20.0 Å². The molecule has 5 rings (SSSR count). The lowest BCUT2D eigenvalue weighted by atomic mass is 9.78. The Bertz CT molecular complexity index is 1250. The minimum Gasteiger partial charge on any atom is -0.493 e. The third-order valence-corrected chi connectivity index (χ3v) is 6.37. The maximum absolute atomic E-state index is 14.1. The normalized spacial score (nSPS) is 19.5. The molecule has 3 aromatic carbocycles. The number of methoxy groups -OCH3 is 2. The van der Waals surface area contributed by atoms with Crippen molar-refractivity contribution in [2.24, 2.45) is 0 Å². The SMILES string of the molecule is COc1ccc([C@@H]2CC(=O)C3=C(C2)Nc2ccccc2N[C@@H]3c2cccc(F)c2)cc1OC. The van der Waals surface area contributed by atoms with Gasteiger partial charge in [0.1, 0.15) is 5.82 Å². The number of anilines is 2. The molecular weight excluding hydrogens is 419 g/mol. The van der Waals surface area contributed by atoms with Gasteiger partial charge in [-0.25, -0.2) is 4.39 Å². The lowest BCUT2D eigenvalue weighted by Gasteiger charge is -2.30. The van der Waals surface area contributed by atoms with Crippen LogP contribution in [-0.2, 0) is 4.79 Å². The van der Waals surface area contributed by atoms with Crippen LogP contribution in [0.2, 0.25) is 0 Å². The van der Waals surface area contributed by atoms with Crippen molar-refractivity contribution in [2.45, 2.75) is 24.8 Å². The van der Waals surface area contributed by atoms with Crippen LogP contribution < -0.4 is 20.1 Å². The Labute approximate surface area is 192 Å². The lowest BCUT2D eigenvalue weighted by molar-refractivity contribution is -0.116. The van der Waals surface area contributed by atoms with Crippen LogP contribution in [0.1, 0.15) is 35.9 Å². The summed E-state index contributed by atoms with van der Waals surface area (Å²) in [4.78, 5) is 13.6. The third-order valence-electron chi connectivity index (χ3n) is 6.37. The largest absolute Gasteiger partial charge is 0.493 e. The minimum atomic E-state index is -0.439. The monoisotopic (exact) mass is 444 g/mol. The van der Waals surface area contributed by atoms with Crippen molar-refractivity contribution >= 4 is 17.2 Å². The fourth-order valence-corrected chi connectivity index (χ4v) is 4.77. The van der Waals surface area contributed by atoms with Crippen molar-refractivity contribution in [1.29, 1.82) is 0 Å². The number of benzene rings is 3. The molecule has 33 heavy (non-hydrogen) atoms. The van der Waals surface area contributed by atoms with Gasteiger partial charge in [-0.15, -0.1) is 0 Å². The van der Waals surface area contributed by atoms with Crippen molar-refractivity contribution in [2.75, 3.05) is 24.9 Å². The van der Waals surface area contributed by atoms with E-state index in [0.717, 1.165) is 28.2 Å². The highest BCUT2D eigenvalue weighted by molar-refractivity contribution is 6.01. The van der Waals surface area contributed by atoms with Gasteiger partial charge in [-0.3, -0.25) is 4.79 Å². The molecule has 2 aliphatic rings. The van der Waals surface area contributed by atoms with Crippen LogP contribution in [0.25, 0.3) is 0 Å². The molecule has 6 heteroatoms. The average Bonchev–Trinajstić information content (AvgIpc) is 3.00. The van der Waals surface area contributed by atoms with Crippen molar-refractivity contribution in [1.82, 2.24) is 0 Å². The van der Waals surface area contributed by atoms with Crippen molar-refractivity contribution in [3.63, 3.8) is 0 Å². The molecule has 168 valence electrons.